The van der Waals surface area contributed by atoms with Crippen LogP contribution in [0, 0.1) is 0 Å². The van der Waals surface area contributed by atoms with E-state index in [2.05, 4.69) is 19.9 Å². The average Bonchev–Trinajstić information content (AvgIpc) is 2.91. The van der Waals surface area contributed by atoms with Gasteiger partial charge in [-0.1, -0.05) is 0 Å². The summed E-state index contributed by atoms with van der Waals surface area (Å²) in [6.07, 6.45) is 7.15. The normalized spacial score (nSPS) is 11.2. The number of hydrogen-bond acceptors (Lipinski definition) is 4. The fraction of sp³-hybridized carbons (Fsp3) is 0. The van der Waals surface area contributed by atoms with E-state index in [9.17, 15) is 0 Å². The van der Waals surface area contributed by atoms with Crippen LogP contribution in [0.3, 0.4) is 0 Å². The fourth-order valence-corrected chi connectivity index (χ4v) is 2.49. The molecule has 4 rings (SSSR count). The second-order valence-corrected chi connectivity index (χ2v) is 4.55. The molecule has 0 aliphatic carbocycles. The molecule has 0 aliphatic heterocycles. The van der Waals surface area contributed by atoms with Gasteiger partial charge in [0.1, 0.15) is 11.5 Å². The van der Waals surface area contributed by atoms with Crippen LogP contribution in [0.25, 0.3) is 33.1 Å². The molecule has 0 spiro atoms. The van der Waals surface area contributed by atoms with Gasteiger partial charge >= 0.3 is 0 Å². The van der Waals surface area contributed by atoms with Gasteiger partial charge in [0.2, 0.25) is 0 Å². The molecule has 20 heavy (non-hydrogen) atoms. The summed E-state index contributed by atoms with van der Waals surface area (Å²) < 4.78 is 0. The molecule has 96 valence electrons. The minimum absolute atomic E-state index is 0.518. The van der Waals surface area contributed by atoms with E-state index in [4.69, 9.17) is 5.73 Å². The Morgan fingerprint density at radius 3 is 2.65 bits per heavy atom. The standard InChI is InChI=1S/C15H11N5/c16-14-10-4-6-17-13(9(10)3-7-18-14)12-8-20-15-11(12)2-1-5-19-15/h1-8H,(H2,16,18)(H,19,20). The molecule has 0 aliphatic rings. The summed E-state index contributed by atoms with van der Waals surface area (Å²) in [5.41, 5.74) is 8.69. The van der Waals surface area contributed by atoms with E-state index in [-0.39, 0.29) is 0 Å². The maximum Gasteiger partial charge on any atom is 0.137 e. The highest BCUT2D eigenvalue weighted by molar-refractivity contribution is 6.04. The molecule has 0 saturated carbocycles. The van der Waals surface area contributed by atoms with Gasteiger partial charge in [-0.15, -0.1) is 0 Å². The smallest absolute Gasteiger partial charge is 0.137 e. The summed E-state index contributed by atoms with van der Waals surface area (Å²) >= 11 is 0. The first-order valence-electron chi connectivity index (χ1n) is 6.26. The zero-order valence-corrected chi connectivity index (χ0v) is 10.5. The summed E-state index contributed by atoms with van der Waals surface area (Å²) in [4.78, 5) is 16.1. The van der Waals surface area contributed by atoms with Crippen molar-refractivity contribution < 1.29 is 0 Å². The van der Waals surface area contributed by atoms with Gasteiger partial charge in [0, 0.05) is 46.5 Å². The second kappa shape index (κ2) is 4.03. The van der Waals surface area contributed by atoms with Crippen molar-refractivity contribution in [2.24, 2.45) is 0 Å². The van der Waals surface area contributed by atoms with Crippen LogP contribution in [0.15, 0.2) is 49.1 Å². The lowest BCUT2D eigenvalue weighted by Crippen LogP contribution is -1.93. The Labute approximate surface area is 114 Å². The predicted molar refractivity (Wildman–Crippen MR) is 79.0 cm³/mol. The van der Waals surface area contributed by atoms with Crippen molar-refractivity contribution in [3.05, 3.63) is 49.1 Å². The number of pyridine rings is 3. The van der Waals surface area contributed by atoms with Crippen LogP contribution in [0.2, 0.25) is 0 Å². The Hall–Kier alpha value is -2.95. The van der Waals surface area contributed by atoms with Crippen molar-refractivity contribution in [3.63, 3.8) is 0 Å². The van der Waals surface area contributed by atoms with Crippen LogP contribution in [0.1, 0.15) is 0 Å². The van der Waals surface area contributed by atoms with Crippen LogP contribution in [-0.4, -0.2) is 19.9 Å². The van der Waals surface area contributed by atoms with Gasteiger partial charge in [0.05, 0.1) is 5.69 Å². The van der Waals surface area contributed by atoms with Gasteiger partial charge in [0.15, 0.2) is 0 Å². The molecule has 3 N–H and O–H groups in total. The summed E-state index contributed by atoms with van der Waals surface area (Å²) in [5.74, 6) is 0.518. The number of fused-ring (bicyclic) bond motifs is 2. The van der Waals surface area contributed by atoms with E-state index in [0.717, 1.165) is 33.1 Å². The predicted octanol–water partition coefficient (Wildman–Crippen LogP) is 2.76. The van der Waals surface area contributed by atoms with Crippen molar-refractivity contribution in [2.75, 3.05) is 5.73 Å². The number of hydrogen-bond donors (Lipinski definition) is 2. The number of aromatic amines is 1. The Morgan fingerprint density at radius 1 is 0.850 bits per heavy atom. The van der Waals surface area contributed by atoms with E-state index in [0.29, 0.717) is 5.82 Å². The molecule has 4 aromatic heterocycles. The molecule has 0 atom stereocenters. The van der Waals surface area contributed by atoms with Crippen LogP contribution >= 0.6 is 0 Å². The number of anilines is 1. The SMILES string of the molecule is Nc1nccc2c(-c3c[nH]c4ncccc34)nccc12. The van der Waals surface area contributed by atoms with E-state index in [1.165, 1.54) is 0 Å². The molecule has 0 unspecified atom stereocenters. The molecule has 0 bridgehead atoms. The number of nitrogens with one attached hydrogen (secondary N) is 1. The molecule has 0 fully saturated rings. The average molecular weight is 261 g/mol. The van der Waals surface area contributed by atoms with Crippen LogP contribution in [0.5, 0.6) is 0 Å². The van der Waals surface area contributed by atoms with Crippen molar-refractivity contribution in [1.29, 1.82) is 0 Å². The van der Waals surface area contributed by atoms with E-state index in [1.54, 1.807) is 18.6 Å². The highest BCUT2D eigenvalue weighted by Gasteiger charge is 2.12. The van der Waals surface area contributed by atoms with E-state index < -0.39 is 0 Å². The minimum atomic E-state index is 0.518. The minimum Gasteiger partial charge on any atom is -0.383 e. The lowest BCUT2D eigenvalue weighted by atomic mass is 10.1. The zero-order chi connectivity index (χ0) is 13.5. The number of nitrogen functional groups attached to an aromatic ring is 1. The van der Waals surface area contributed by atoms with E-state index in [1.807, 2.05) is 30.5 Å². The first-order valence-corrected chi connectivity index (χ1v) is 6.26. The Morgan fingerprint density at radius 2 is 1.70 bits per heavy atom. The zero-order valence-electron chi connectivity index (χ0n) is 10.5. The van der Waals surface area contributed by atoms with Crippen LogP contribution in [0.4, 0.5) is 5.82 Å². The van der Waals surface area contributed by atoms with Gasteiger partial charge < -0.3 is 10.7 Å². The summed E-state index contributed by atoms with van der Waals surface area (Å²) in [6, 6.07) is 7.76. The van der Waals surface area contributed by atoms with Crippen molar-refractivity contribution in [1.82, 2.24) is 19.9 Å². The number of nitrogens with zero attached hydrogens (tertiary/aromatic N) is 3. The van der Waals surface area contributed by atoms with E-state index >= 15 is 0 Å². The Kier molecular flexibility index (Phi) is 2.20. The number of H-pyrrole nitrogens is 1. The number of aromatic nitrogens is 4. The quantitative estimate of drug-likeness (QED) is 0.552. The molecule has 0 amide bonds. The maximum absolute atomic E-state index is 5.93. The third-order valence-electron chi connectivity index (χ3n) is 3.43. The number of nitrogens with two attached hydrogens (primary N) is 1. The van der Waals surface area contributed by atoms with Gasteiger partial charge in [-0.05, 0) is 24.3 Å². The molecular weight excluding hydrogens is 250 g/mol. The largest absolute Gasteiger partial charge is 0.383 e. The summed E-state index contributed by atoms with van der Waals surface area (Å²) in [6.45, 7) is 0. The molecule has 0 radical (unpaired) electrons. The molecule has 5 nitrogen and oxygen atoms in total. The third-order valence-corrected chi connectivity index (χ3v) is 3.43. The van der Waals surface area contributed by atoms with Crippen LogP contribution < -0.4 is 5.73 Å². The molecule has 0 aromatic carbocycles. The van der Waals surface area contributed by atoms with Crippen molar-refractivity contribution in [3.8, 4) is 11.3 Å². The Balaban J connectivity index is 2.10. The fourth-order valence-electron chi connectivity index (χ4n) is 2.49. The third kappa shape index (κ3) is 1.46. The molecule has 4 aromatic rings. The monoisotopic (exact) mass is 261 g/mol. The number of rotatable bonds is 1. The van der Waals surface area contributed by atoms with Crippen molar-refractivity contribution >= 4 is 27.6 Å². The highest BCUT2D eigenvalue weighted by Crippen LogP contribution is 2.32. The van der Waals surface area contributed by atoms with Gasteiger partial charge in [-0.25, -0.2) is 9.97 Å². The molecule has 5 heteroatoms. The maximum atomic E-state index is 5.93. The molecule has 0 saturated heterocycles. The second-order valence-electron chi connectivity index (χ2n) is 4.55. The van der Waals surface area contributed by atoms with Gasteiger partial charge in [0.25, 0.3) is 0 Å². The Bertz CT molecular complexity index is 926. The summed E-state index contributed by atoms with van der Waals surface area (Å²) in [5, 5.41) is 2.95. The summed E-state index contributed by atoms with van der Waals surface area (Å²) in [7, 11) is 0. The first kappa shape index (κ1) is 10.9. The highest BCUT2D eigenvalue weighted by atomic mass is 14.8. The lowest BCUT2D eigenvalue weighted by molar-refractivity contribution is 1.32. The topological polar surface area (TPSA) is 80.5 Å². The first-order chi connectivity index (χ1) is 9.84. The van der Waals surface area contributed by atoms with Gasteiger partial charge in [-0.3, -0.25) is 4.98 Å². The van der Waals surface area contributed by atoms with Gasteiger partial charge in [-0.2, -0.15) is 0 Å². The van der Waals surface area contributed by atoms with Crippen molar-refractivity contribution in [2.45, 2.75) is 0 Å². The molecular formula is C15H11N5. The van der Waals surface area contributed by atoms with Crippen LogP contribution in [-0.2, 0) is 0 Å². The lowest BCUT2D eigenvalue weighted by Gasteiger charge is -2.05. The molecule has 4 heterocycles.